The van der Waals surface area contributed by atoms with Crippen molar-refractivity contribution in [3.8, 4) is 0 Å². The standard InChI is InChI=1S/C15H11NOSe/c17-15-10-14(18-11-6-2-1-3-7-11)12-8-4-5-9-13(12)16-15/h1-10H,(H,16,17). The number of hydrogen-bond acceptors (Lipinski definition) is 1. The molecule has 3 aromatic rings. The van der Waals surface area contributed by atoms with Crippen molar-refractivity contribution in [3.63, 3.8) is 0 Å². The third-order valence-corrected chi connectivity index (χ3v) is 4.92. The number of aromatic nitrogens is 1. The zero-order valence-electron chi connectivity index (χ0n) is 9.59. The van der Waals surface area contributed by atoms with E-state index in [1.807, 2.05) is 36.4 Å². The maximum absolute atomic E-state index is 11.6. The van der Waals surface area contributed by atoms with Crippen LogP contribution in [0.3, 0.4) is 0 Å². The molecule has 0 unspecified atom stereocenters. The molecule has 0 aliphatic rings. The number of benzene rings is 2. The minimum atomic E-state index is -0.0264. The van der Waals surface area contributed by atoms with E-state index in [-0.39, 0.29) is 20.5 Å². The second kappa shape index (κ2) is 4.81. The molecule has 1 aromatic heterocycles. The molecule has 2 nitrogen and oxygen atoms in total. The van der Waals surface area contributed by atoms with Crippen LogP contribution in [-0.4, -0.2) is 19.9 Å². The van der Waals surface area contributed by atoms with E-state index in [1.54, 1.807) is 6.07 Å². The Morgan fingerprint density at radius 2 is 1.61 bits per heavy atom. The van der Waals surface area contributed by atoms with Crippen molar-refractivity contribution in [1.29, 1.82) is 0 Å². The summed E-state index contributed by atoms with van der Waals surface area (Å²) in [6, 6.07) is 20.0. The Hall–Kier alpha value is -1.83. The van der Waals surface area contributed by atoms with Gasteiger partial charge in [0, 0.05) is 0 Å². The summed E-state index contributed by atoms with van der Waals surface area (Å²) in [5.41, 5.74) is 0.888. The summed E-state index contributed by atoms with van der Waals surface area (Å²) in [7, 11) is 0. The molecule has 0 saturated carbocycles. The van der Waals surface area contributed by atoms with Crippen LogP contribution in [-0.2, 0) is 0 Å². The molecule has 0 atom stereocenters. The normalized spacial score (nSPS) is 10.7. The van der Waals surface area contributed by atoms with E-state index in [4.69, 9.17) is 0 Å². The van der Waals surface area contributed by atoms with Crippen molar-refractivity contribution < 1.29 is 0 Å². The molecule has 0 bridgehead atoms. The Bertz CT molecular complexity index is 734. The van der Waals surface area contributed by atoms with E-state index in [9.17, 15) is 4.79 Å². The van der Waals surface area contributed by atoms with Gasteiger partial charge in [-0.05, 0) is 0 Å². The van der Waals surface area contributed by atoms with Crippen molar-refractivity contribution in [2.45, 2.75) is 0 Å². The number of H-pyrrole nitrogens is 1. The summed E-state index contributed by atoms with van der Waals surface area (Å²) in [6.07, 6.45) is 0. The second-order valence-corrected chi connectivity index (χ2v) is 6.30. The fourth-order valence-corrected chi connectivity index (χ4v) is 3.97. The molecule has 2 aromatic carbocycles. The number of rotatable bonds is 2. The number of aromatic amines is 1. The van der Waals surface area contributed by atoms with Crippen LogP contribution in [0.4, 0.5) is 0 Å². The van der Waals surface area contributed by atoms with Crippen molar-refractivity contribution in [3.05, 3.63) is 71.0 Å². The van der Waals surface area contributed by atoms with Gasteiger partial charge in [-0.2, -0.15) is 0 Å². The van der Waals surface area contributed by atoms with Gasteiger partial charge in [-0.15, -0.1) is 0 Å². The van der Waals surface area contributed by atoms with Gasteiger partial charge < -0.3 is 0 Å². The molecule has 3 rings (SSSR count). The Morgan fingerprint density at radius 1 is 0.889 bits per heavy atom. The van der Waals surface area contributed by atoms with Crippen molar-refractivity contribution >= 4 is 34.8 Å². The molecule has 18 heavy (non-hydrogen) atoms. The van der Waals surface area contributed by atoms with E-state index < -0.39 is 0 Å². The van der Waals surface area contributed by atoms with Crippen LogP contribution >= 0.6 is 0 Å². The first-order valence-corrected chi connectivity index (χ1v) is 7.39. The zero-order chi connectivity index (χ0) is 12.4. The van der Waals surface area contributed by atoms with Crippen LogP contribution in [0.1, 0.15) is 0 Å². The Balaban J connectivity index is 2.14. The Kier molecular flexibility index (Phi) is 3.01. The van der Waals surface area contributed by atoms with E-state index in [1.165, 1.54) is 4.46 Å². The molecule has 0 radical (unpaired) electrons. The molecule has 0 saturated heterocycles. The summed E-state index contributed by atoms with van der Waals surface area (Å²) in [6.45, 7) is 0. The molecule has 1 heterocycles. The van der Waals surface area contributed by atoms with Gasteiger partial charge >= 0.3 is 111 Å². The summed E-state index contributed by atoms with van der Waals surface area (Å²) in [5.74, 6) is 0. The quantitative estimate of drug-likeness (QED) is 0.708. The Labute approximate surface area is 111 Å². The molecule has 0 amide bonds. The van der Waals surface area contributed by atoms with Gasteiger partial charge in [0.25, 0.3) is 0 Å². The second-order valence-electron chi connectivity index (χ2n) is 3.96. The molecular formula is C15H11NOSe. The number of fused-ring (bicyclic) bond motifs is 1. The number of hydrogen-bond donors (Lipinski definition) is 1. The zero-order valence-corrected chi connectivity index (χ0v) is 11.3. The molecule has 3 heteroatoms. The predicted octanol–water partition coefficient (Wildman–Crippen LogP) is 1.18. The third-order valence-electron chi connectivity index (χ3n) is 2.68. The summed E-state index contributed by atoms with van der Waals surface area (Å²) in [5, 5.41) is 1.14. The Morgan fingerprint density at radius 3 is 2.44 bits per heavy atom. The van der Waals surface area contributed by atoms with Gasteiger partial charge in [0.2, 0.25) is 0 Å². The number of pyridine rings is 1. The molecule has 0 fully saturated rings. The predicted molar refractivity (Wildman–Crippen MR) is 76.0 cm³/mol. The van der Waals surface area contributed by atoms with E-state index >= 15 is 0 Å². The van der Waals surface area contributed by atoms with Crippen LogP contribution in [0.5, 0.6) is 0 Å². The first-order valence-electron chi connectivity index (χ1n) is 5.68. The maximum atomic E-state index is 11.6. The first kappa shape index (κ1) is 11.3. The third kappa shape index (κ3) is 2.23. The van der Waals surface area contributed by atoms with Crippen LogP contribution in [0.2, 0.25) is 0 Å². The van der Waals surface area contributed by atoms with Crippen molar-refractivity contribution in [2.75, 3.05) is 0 Å². The average molecular weight is 300 g/mol. The van der Waals surface area contributed by atoms with Crippen LogP contribution < -0.4 is 14.5 Å². The summed E-state index contributed by atoms with van der Waals surface area (Å²) >= 11 is 0.162. The van der Waals surface area contributed by atoms with Gasteiger partial charge in [0.15, 0.2) is 0 Å². The van der Waals surface area contributed by atoms with Crippen LogP contribution in [0, 0.1) is 0 Å². The minimum absolute atomic E-state index is 0.0264. The molecular weight excluding hydrogens is 289 g/mol. The van der Waals surface area contributed by atoms with Gasteiger partial charge in [0.05, 0.1) is 0 Å². The summed E-state index contributed by atoms with van der Waals surface area (Å²) < 4.78 is 2.41. The number of nitrogens with one attached hydrogen (secondary N) is 1. The topological polar surface area (TPSA) is 32.9 Å². The number of para-hydroxylation sites is 1. The molecule has 1 N–H and O–H groups in total. The van der Waals surface area contributed by atoms with Crippen LogP contribution in [0.25, 0.3) is 10.9 Å². The fourth-order valence-electron chi connectivity index (χ4n) is 1.87. The first-order chi connectivity index (χ1) is 8.83. The fraction of sp³-hybridized carbons (Fsp3) is 0. The SMILES string of the molecule is O=c1cc([Se]c2ccccc2)c2ccccc2[nH]1. The molecule has 0 aliphatic heterocycles. The van der Waals surface area contributed by atoms with Crippen molar-refractivity contribution in [1.82, 2.24) is 4.98 Å². The van der Waals surface area contributed by atoms with E-state index in [0.29, 0.717) is 0 Å². The van der Waals surface area contributed by atoms with Crippen molar-refractivity contribution in [2.24, 2.45) is 0 Å². The van der Waals surface area contributed by atoms with Gasteiger partial charge in [0.1, 0.15) is 0 Å². The molecule has 0 spiro atoms. The van der Waals surface area contributed by atoms with Crippen LogP contribution in [0.15, 0.2) is 65.5 Å². The van der Waals surface area contributed by atoms with Gasteiger partial charge in [-0.3, -0.25) is 0 Å². The average Bonchev–Trinajstić information content (AvgIpc) is 2.40. The molecule has 88 valence electrons. The van der Waals surface area contributed by atoms with Gasteiger partial charge in [-0.25, -0.2) is 0 Å². The summed E-state index contributed by atoms with van der Waals surface area (Å²) in [4.78, 5) is 14.5. The molecule has 0 aliphatic carbocycles. The van der Waals surface area contributed by atoms with E-state index in [0.717, 1.165) is 15.4 Å². The van der Waals surface area contributed by atoms with Gasteiger partial charge in [-0.1, -0.05) is 0 Å². The van der Waals surface area contributed by atoms with E-state index in [2.05, 4.69) is 23.2 Å². The monoisotopic (exact) mass is 301 g/mol.